The fourth-order valence-electron chi connectivity index (χ4n) is 3.20. The van der Waals surface area contributed by atoms with Crippen LogP contribution in [-0.4, -0.2) is 17.5 Å². The highest BCUT2D eigenvalue weighted by Gasteiger charge is 2.13. The molecule has 0 fully saturated rings. The summed E-state index contributed by atoms with van der Waals surface area (Å²) in [6.45, 7) is 2.70. The highest BCUT2D eigenvalue weighted by Crippen LogP contribution is 2.31. The second kappa shape index (κ2) is 7.46. The summed E-state index contributed by atoms with van der Waals surface area (Å²) in [5, 5.41) is 5.88. The molecule has 0 saturated carbocycles. The number of nitrogens with zero attached hydrogens (tertiary/aromatic N) is 1. The number of hydrogen-bond acceptors (Lipinski definition) is 3. The molecular formula is C23H20N2O2. The number of fused-ring (bicyclic) bond motifs is 2. The fraction of sp³-hybridized carbons (Fsp3) is 0.130. The van der Waals surface area contributed by atoms with E-state index in [1.54, 1.807) is 6.20 Å². The molecule has 0 atom stereocenters. The second-order valence-corrected chi connectivity index (χ2v) is 6.34. The molecule has 134 valence electrons. The molecule has 0 aliphatic rings. The molecule has 0 aliphatic carbocycles. The summed E-state index contributed by atoms with van der Waals surface area (Å²) in [5.74, 6) is 0.592. The Morgan fingerprint density at radius 1 is 0.963 bits per heavy atom. The molecule has 1 heterocycles. The standard InChI is InChI=1S/C23H20N2O2/c1-2-15-27-21-13-12-20(19-11-6-14-24-22(19)21)25-23(26)18-10-5-8-16-7-3-4-9-17(16)18/h3-14H,2,15H2,1H3,(H,25,26). The second-order valence-electron chi connectivity index (χ2n) is 6.34. The van der Waals surface area contributed by atoms with Crippen LogP contribution in [0, 0.1) is 0 Å². The van der Waals surface area contributed by atoms with Crippen molar-refractivity contribution in [1.82, 2.24) is 4.98 Å². The minimum absolute atomic E-state index is 0.140. The van der Waals surface area contributed by atoms with Gasteiger partial charge in [-0.1, -0.05) is 43.3 Å². The zero-order valence-electron chi connectivity index (χ0n) is 15.1. The summed E-state index contributed by atoms with van der Waals surface area (Å²) in [6.07, 6.45) is 2.66. The summed E-state index contributed by atoms with van der Waals surface area (Å²) in [6, 6.07) is 21.2. The number of carbonyl (C=O) groups excluding carboxylic acids is 1. The third kappa shape index (κ3) is 3.34. The number of rotatable bonds is 5. The average Bonchev–Trinajstić information content (AvgIpc) is 2.72. The van der Waals surface area contributed by atoms with Gasteiger partial charge in [-0.2, -0.15) is 0 Å². The molecule has 0 saturated heterocycles. The number of hydrogen-bond donors (Lipinski definition) is 1. The summed E-state index contributed by atoms with van der Waals surface area (Å²) >= 11 is 0. The molecular weight excluding hydrogens is 336 g/mol. The van der Waals surface area contributed by atoms with Gasteiger partial charge >= 0.3 is 0 Å². The lowest BCUT2D eigenvalue weighted by Crippen LogP contribution is -2.13. The zero-order chi connectivity index (χ0) is 18.6. The van der Waals surface area contributed by atoms with Crippen molar-refractivity contribution in [3.05, 3.63) is 78.5 Å². The summed E-state index contributed by atoms with van der Waals surface area (Å²) in [5.41, 5.74) is 2.12. The Labute approximate surface area is 157 Å². The van der Waals surface area contributed by atoms with E-state index >= 15 is 0 Å². The predicted octanol–water partition coefficient (Wildman–Crippen LogP) is 5.43. The van der Waals surface area contributed by atoms with E-state index in [-0.39, 0.29) is 5.91 Å². The van der Waals surface area contributed by atoms with Crippen molar-refractivity contribution in [3.63, 3.8) is 0 Å². The first-order valence-electron chi connectivity index (χ1n) is 9.07. The van der Waals surface area contributed by atoms with Crippen LogP contribution in [0.15, 0.2) is 72.9 Å². The number of pyridine rings is 1. The summed E-state index contributed by atoms with van der Waals surface area (Å²) in [4.78, 5) is 17.4. The molecule has 27 heavy (non-hydrogen) atoms. The van der Waals surface area contributed by atoms with Crippen molar-refractivity contribution in [2.75, 3.05) is 11.9 Å². The normalized spacial score (nSPS) is 10.9. The molecule has 0 aliphatic heterocycles. The zero-order valence-corrected chi connectivity index (χ0v) is 15.1. The molecule has 1 N–H and O–H groups in total. The highest BCUT2D eigenvalue weighted by molar-refractivity contribution is 6.15. The van der Waals surface area contributed by atoms with Gasteiger partial charge in [-0.3, -0.25) is 9.78 Å². The molecule has 4 heteroatoms. The Hall–Kier alpha value is -3.40. The van der Waals surface area contributed by atoms with Crippen LogP contribution in [0.25, 0.3) is 21.7 Å². The molecule has 0 spiro atoms. The van der Waals surface area contributed by atoms with E-state index in [0.29, 0.717) is 12.2 Å². The van der Waals surface area contributed by atoms with Crippen LogP contribution in [-0.2, 0) is 0 Å². The molecule has 1 aromatic heterocycles. The van der Waals surface area contributed by atoms with E-state index in [1.807, 2.05) is 66.7 Å². The number of benzene rings is 3. The largest absolute Gasteiger partial charge is 0.491 e. The highest BCUT2D eigenvalue weighted by atomic mass is 16.5. The van der Waals surface area contributed by atoms with Gasteiger partial charge in [0.2, 0.25) is 0 Å². The van der Waals surface area contributed by atoms with Gasteiger partial charge in [0.15, 0.2) is 0 Å². The number of ether oxygens (including phenoxy) is 1. The van der Waals surface area contributed by atoms with Crippen molar-refractivity contribution in [2.24, 2.45) is 0 Å². The van der Waals surface area contributed by atoms with Gasteiger partial charge in [-0.15, -0.1) is 0 Å². The summed E-state index contributed by atoms with van der Waals surface area (Å²) in [7, 11) is 0. The molecule has 0 bridgehead atoms. The smallest absolute Gasteiger partial charge is 0.256 e. The molecule has 1 amide bonds. The molecule has 4 aromatic rings. The van der Waals surface area contributed by atoms with Crippen LogP contribution < -0.4 is 10.1 Å². The predicted molar refractivity (Wildman–Crippen MR) is 109 cm³/mol. The van der Waals surface area contributed by atoms with Gasteiger partial charge in [0, 0.05) is 17.1 Å². The first-order chi connectivity index (χ1) is 13.3. The van der Waals surface area contributed by atoms with Gasteiger partial charge in [0.1, 0.15) is 11.3 Å². The number of nitrogens with one attached hydrogen (secondary N) is 1. The first-order valence-corrected chi connectivity index (χ1v) is 9.07. The Balaban J connectivity index is 1.72. The average molecular weight is 356 g/mol. The lowest BCUT2D eigenvalue weighted by atomic mass is 10.0. The first kappa shape index (κ1) is 17.0. The maximum atomic E-state index is 13.0. The minimum atomic E-state index is -0.140. The van der Waals surface area contributed by atoms with Gasteiger partial charge < -0.3 is 10.1 Å². The van der Waals surface area contributed by atoms with Gasteiger partial charge in [0.05, 0.1) is 12.3 Å². The van der Waals surface area contributed by atoms with Crippen molar-refractivity contribution in [3.8, 4) is 5.75 Å². The maximum Gasteiger partial charge on any atom is 0.256 e. The quantitative estimate of drug-likeness (QED) is 0.519. The van der Waals surface area contributed by atoms with Crippen LogP contribution in [0.3, 0.4) is 0 Å². The fourth-order valence-corrected chi connectivity index (χ4v) is 3.20. The third-order valence-corrected chi connectivity index (χ3v) is 4.48. The van der Waals surface area contributed by atoms with Gasteiger partial charge in [0.25, 0.3) is 5.91 Å². The number of amides is 1. The Kier molecular flexibility index (Phi) is 4.71. The molecule has 3 aromatic carbocycles. The van der Waals surface area contributed by atoms with E-state index in [2.05, 4.69) is 17.2 Å². The Bertz CT molecular complexity index is 1120. The maximum absolute atomic E-state index is 13.0. The van der Waals surface area contributed by atoms with E-state index < -0.39 is 0 Å². The number of carbonyl (C=O) groups is 1. The van der Waals surface area contributed by atoms with Crippen LogP contribution in [0.1, 0.15) is 23.7 Å². The Morgan fingerprint density at radius 2 is 1.78 bits per heavy atom. The van der Waals surface area contributed by atoms with Crippen LogP contribution in [0.2, 0.25) is 0 Å². The van der Waals surface area contributed by atoms with Gasteiger partial charge in [-0.25, -0.2) is 0 Å². The monoisotopic (exact) mass is 356 g/mol. The van der Waals surface area contributed by atoms with Crippen LogP contribution >= 0.6 is 0 Å². The minimum Gasteiger partial charge on any atom is -0.491 e. The topological polar surface area (TPSA) is 51.2 Å². The van der Waals surface area contributed by atoms with Crippen molar-refractivity contribution in [2.45, 2.75) is 13.3 Å². The number of aromatic nitrogens is 1. The van der Waals surface area contributed by atoms with E-state index in [9.17, 15) is 4.79 Å². The third-order valence-electron chi connectivity index (χ3n) is 4.48. The lowest BCUT2D eigenvalue weighted by Gasteiger charge is -2.13. The van der Waals surface area contributed by atoms with E-state index in [4.69, 9.17) is 4.74 Å². The number of anilines is 1. The van der Waals surface area contributed by atoms with Gasteiger partial charge in [-0.05, 0) is 47.5 Å². The van der Waals surface area contributed by atoms with Crippen molar-refractivity contribution >= 4 is 33.3 Å². The SMILES string of the molecule is CCCOc1ccc(NC(=O)c2cccc3ccccc23)c2cccnc12. The van der Waals surface area contributed by atoms with Crippen LogP contribution in [0.4, 0.5) is 5.69 Å². The Morgan fingerprint density at radius 3 is 2.67 bits per heavy atom. The molecule has 4 rings (SSSR count). The van der Waals surface area contributed by atoms with E-state index in [1.165, 1.54) is 0 Å². The van der Waals surface area contributed by atoms with Crippen LogP contribution in [0.5, 0.6) is 5.75 Å². The van der Waals surface area contributed by atoms with Crippen molar-refractivity contribution in [1.29, 1.82) is 0 Å². The lowest BCUT2D eigenvalue weighted by molar-refractivity contribution is 0.102. The molecule has 4 nitrogen and oxygen atoms in total. The molecule has 0 unspecified atom stereocenters. The molecule has 0 radical (unpaired) electrons. The van der Waals surface area contributed by atoms with Crippen molar-refractivity contribution < 1.29 is 9.53 Å². The summed E-state index contributed by atoms with van der Waals surface area (Å²) < 4.78 is 5.80. The van der Waals surface area contributed by atoms with E-state index in [0.717, 1.165) is 39.5 Å².